The predicted molar refractivity (Wildman–Crippen MR) is 157 cm³/mol. The molecule has 0 saturated heterocycles. The van der Waals surface area contributed by atoms with Gasteiger partial charge in [-0.1, -0.05) is 12.1 Å². The van der Waals surface area contributed by atoms with Gasteiger partial charge in [0.15, 0.2) is 0 Å². The quantitative estimate of drug-likeness (QED) is 0.226. The molecule has 5 rings (SSSR count). The molecule has 1 unspecified atom stereocenters. The molecule has 2 aliphatic rings. The molecule has 43 heavy (non-hydrogen) atoms. The molecule has 1 aromatic heterocycles. The van der Waals surface area contributed by atoms with Crippen LogP contribution in [0.1, 0.15) is 64.2 Å². The highest BCUT2D eigenvalue weighted by Crippen LogP contribution is 2.42. The van der Waals surface area contributed by atoms with Gasteiger partial charge in [-0.05, 0) is 71.1 Å². The van der Waals surface area contributed by atoms with E-state index < -0.39 is 26.2 Å². The number of nitrogens with zero attached hydrogens (tertiary/aromatic N) is 3. The van der Waals surface area contributed by atoms with Crippen LogP contribution in [0, 0.1) is 0 Å². The van der Waals surface area contributed by atoms with Gasteiger partial charge in [0.2, 0.25) is 5.95 Å². The summed E-state index contributed by atoms with van der Waals surface area (Å²) < 4.78 is 63.0. The minimum absolute atomic E-state index is 0. The van der Waals surface area contributed by atoms with Gasteiger partial charge in [-0.15, -0.1) is 16.9 Å². The number of amides is 1. The van der Waals surface area contributed by atoms with Gasteiger partial charge in [0.25, 0.3) is 5.91 Å². The van der Waals surface area contributed by atoms with Crippen LogP contribution in [0.5, 0.6) is 5.75 Å². The van der Waals surface area contributed by atoms with Gasteiger partial charge in [-0.3, -0.25) is 4.79 Å². The first kappa shape index (κ1) is 32.4. The summed E-state index contributed by atoms with van der Waals surface area (Å²) in [7, 11) is 2.15. The normalized spacial score (nSPS) is 18.3. The Labute approximate surface area is 253 Å². The molecule has 3 aromatic rings. The van der Waals surface area contributed by atoms with E-state index in [0.29, 0.717) is 48.1 Å². The Balaban J connectivity index is 0.00000423. The Hall–Kier alpha value is -3.51. The molecule has 1 fully saturated rings. The third-order valence-electron chi connectivity index (χ3n) is 7.60. The van der Waals surface area contributed by atoms with Crippen LogP contribution < -0.4 is 15.4 Å². The van der Waals surface area contributed by atoms with E-state index in [1.807, 2.05) is 6.07 Å². The van der Waals surface area contributed by atoms with Crippen LogP contribution in [0.15, 0.2) is 36.5 Å². The standard InChI is InChI=1S/C28H29F3N5O5P.ClH/c1-36-13-19-18(16-4-6-17(37)7-5-16)8-10-22(24(19)26(36)38)33-25-20(28(29,30)31)12-32-27(35-25)34-21-9-3-15(14-41-42-39)11-23(21)40-2;/h3,8-12,16-17,37,42H,4-7,13-14H2,1-2H3,(H-,32,33,34,35,38);1H/p+1. The number of fused-ring (bicyclic) bond motifs is 1. The number of alkyl halides is 3. The van der Waals surface area contributed by atoms with Crippen molar-refractivity contribution in [1.29, 1.82) is 0 Å². The van der Waals surface area contributed by atoms with E-state index in [0.717, 1.165) is 24.0 Å². The van der Waals surface area contributed by atoms with Crippen LogP contribution in [0.2, 0.25) is 0 Å². The SMILES string of the molecule is COc1cc(CO[PH+]=O)ccc1Nc1ncc(C(F)(F)F)c(Nc2ccc(C3CCC(O)CC3)c3c2C(=O)N(C)C3)n1.Cl. The molecule has 3 N–H and O–H groups in total. The second-order valence-corrected chi connectivity index (χ2v) is 10.8. The average molecular weight is 641 g/mol. The molecule has 10 nitrogen and oxygen atoms in total. The number of ether oxygens (including phenoxy) is 1. The highest BCUT2D eigenvalue weighted by atomic mass is 35.5. The van der Waals surface area contributed by atoms with Crippen molar-refractivity contribution >= 4 is 50.1 Å². The zero-order chi connectivity index (χ0) is 30.0. The first-order valence-electron chi connectivity index (χ1n) is 13.3. The Morgan fingerprint density at radius 2 is 1.84 bits per heavy atom. The van der Waals surface area contributed by atoms with E-state index in [9.17, 15) is 27.6 Å². The summed E-state index contributed by atoms with van der Waals surface area (Å²) in [6.07, 6.45) is -1.56. The predicted octanol–water partition coefficient (Wildman–Crippen LogP) is 6.47. The molecule has 1 atom stereocenters. The molecule has 0 bridgehead atoms. The van der Waals surface area contributed by atoms with Gasteiger partial charge in [-0.25, -0.2) is 4.98 Å². The largest absolute Gasteiger partial charge is 0.495 e. The minimum atomic E-state index is -4.77. The summed E-state index contributed by atoms with van der Waals surface area (Å²) in [6, 6.07) is 8.40. The van der Waals surface area contributed by atoms with Crippen LogP contribution in [-0.4, -0.2) is 46.1 Å². The fourth-order valence-electron chi connectivity index (χ4n) is 5.49. The summed E-state index contributed by atoms with van der Waals surface area (Å²) in [4.78, 5) is 22.7. The van der Waals surface area contributed by atoms with Crippen molar-refractivity contribution < 1.29 is 36.9 Å². The lowest BCUT2D eigenvalue weighted by molar-refractivity contribution is -0.137. The molecule has 0 spiro atoms. The van der Waals surface area contributed by atoms with Crippen LogP contribution in [0.4, 0.5) is 36.3 Å². The maximum Gasteiger partial charge on any atom is 0.494 e. The summed E-state index contributed by atoms with van der Waals surface area (Å²) in [5, 5.41) is 15.6. The second-order valence-electron chi connectivity index (χ2n) is 10.3. The van der Waals surface area contributed by atoms with Crippen molar-refractivity contribution in [3.8, 4) is 5.75 Å². The van der Waals surface area contributed by atoms with E-state index in [-0.39, 0.29) is 48.6 Å². The Kier molecular flexibility index (Phi) is 10.1. The highest BCUT2D eigenvalue weighted by molar-refractivity contribution is 7.17. The van der Waals surface area contributed by atoms with E-state index >= 15 is 0 Å². The molecule has 15 heteroatoms. The number of anilines is 4. The van der Waals surface area contributed by atoms with Gasteiger partial charge < -0.3 is 25.4 Å². The fraction of sp³-hybridized carbons (Fsp3) is 0.393. The number of rotatable bonds is 9. The van der Waals surface area contributed by atoms with Crippen molar-refractivity contribution in [1.82, 2.24) is 14.9 Å². The summed E-state index contributed by atoms with van der Waals surface area (Å²) >= 11 is 0. The van der Waals surface area contributed by atoms with Crippen molar-refractivity contribution in [3.05, 3.63) is 64.3 Å². The smallest absolute Gasteiger partial charge is 0.494 e. The first-order chi connectivity index (χ1) is 20.1. The van der Waals surface area contributed by atoms with E-state index in [1.165, 1.54) is 12.0 Å². The number of halogens is 4. The second kappa shape index (κ2) is 13.4. The highest BCUT2D eigenvalue weighted by Gasteiger charge is 2.37. The number of hydrogen-bond acceptors (Lipinski definition) is 9. The van der Waals surface area contributed by atoms with E-state index in [2.05, 4.69) is 20.6 Å². The van der Waals surface area contributed by atoms with Crippen molar-refractivity contribution in [3.63, 3.8) is 0 Å². The van der Waals surface area contributed by atoms with Crippen LogP contribution in [0.25, 0.3) is 0 Å². The molecular weight excluding hydrogens is 610 g/mol. The third kappa shape index (κ3) is 7.01. The Morgan fingerprint density at radius 1 is 1.12 bits per heavy atom. The maximum atomic E-state index is 14.0. The molecule has 1 aliphatic carbocycles. The fourth-order valence-corrected chi connectivity index (χ4v) is 5.71. The number of methoxy groups -OCH3 is 1. The Morgan fingerprint density at radius 3 is 2.51 bits per heavy atom. The lowest BCUT2D eigenvalue weighted by Crippen LogP contribution is -2.18. The van der Waals surface area contributed by atoms with Crippen molar-refractivity contribution in [2.24, 2.45) is 0 Å². The number of benzene rings is 2. The number of hydrogen-bond donors (Lipinski definition) is 3. The monoisotopic (exact) mass is 640 g/mol. The van der Waals surface area contributed by atoms with Crippen molar-refractivity contribution in [2.75, 3.05) is 24.8 Å². The molecular formula is C28H31ClF3N5O5P+. The molecule has 2 aromatic carbocycles. The van der Waals surface area contributed by atoms with Crippen LogP contribution >= 0.6 is 21.1 Å². The number of carbonyl (C=O) groups is 1. The summed E-state index contributed by atoms with van der Waals surface area (Å²) in [6.45, 7) is 0.431. The Bertz CT molecular complexity index is 1500. The molecule has 0 radical (unpaired) electrons. The van der Waals surface area contributed by atoms with Crippen LogP contribution in [-0.2, 0) is 28.4 Å². The van der Waals surface area contributed by atoms with Crippen LogP contribution in [0.3, 0.4) is 0 Å². The number of carbonyl (C=O) groups excluding carboxylic acids is 1. The zero-order valence-electron chi connectivity index (χ0n) is 23.3. The van der Waals surface area contributed by atoms with Gasteiger partial charge >= 0.3 is 14.9 Å². The number of aliphatic hydroxyl groups is 1. The maximum absolute atomic E-state index is 14.0. The molecule has 1 saturated carbocycles. The molecule has 1 aliphatic heterocycles. The lowest BCUT2D eigenvalue weighted by atomic mass is 9.80. The van der Waals surface area contributed by atoms with E-state index in [4.69, 9.17) is 9.26 Å². The summed E-state index contributed by atoms with van der Waals surface area (Å²) in [5.74, 6) is -0.437. The number of aromatic nitrogens is 2. The van der Waals surface area contributed by atoms with Gasteiger partial charge in [0.05, 0.1) is 30.2 Å². The van der Waals surface area contributed by atoms with Crippen molar-refractivity contribution in [2.45, 2.75) is 57.0 Å². The lowest BCUT2D eigenvalue weighted by Gasteiger charge is -2.27. The number of aliphatic hydroxyl groups excluding tert-OH is 1. The van der Waals surface area contributed by atoms with E-state index in [1.54, 1.807) is 31.3 Å². The molecule has 1 amide bonds. The first-order valence-corrected chi connectivity index (χ1v) is 14.1. The van der Waals surface area contributed by atoms with Gasteiger partial charge in [0, 0.05) is 19.8 Å². The van der Waals surface area contributed by atoms with Gasteiger partial charge in [0.1, 0.15) is 23.7 Å². The zero-order valence-corrected chi connectivity index (χ0v) is 25.1. The molecule has 2 heterocycles. The average Bonchev–Trinajstić information content (AvgIpc) is 3.26. The van der Waals surface area contributed by atoms with Gasteiger partial charge in [-0.2, -0.15) is 18.2 Å². The topological polar surface area (TPSA) is 126 Å². The summed E-state index contributed by atoms with van der Waals surface area (Å²) in [5.41, 5.74) is 2.27. The third-order valence-corrected chi connectivity index (χ3v) is 7.86. The number of nitrogens with one attached hydrogen (secondary N) is 2. The molecule has 230 valence electrons. The minimum Gasteiger partial charge on any atom is -0.495 e.